The molecule has 0 unspecified atom stereocenters. The zero-order valence-corrected chi connectivity index (χ0v) is 16.9. The second-order valence-electron chi connectivity index (χ2n) is 6.53. The molecule has 0 radical (unpaired) electrons. The van der Waals surface area contributed by atoms with Gasteiger partial charge in [-0.15, -0.1) is 16.4 Å². The van der Waals surface area contributed by atoms with Gasteiger partial charge in [0.25, 0.3) is 5.91 Å². The second kappa shape index (κ2) is 7.69. The molecule has 0 aliphatic rings. The lowest BCUT2D eigenvalue weighted by molar-refractivity contribution is 0.102. The lowest BCUT2D eigenvalue weighted by Crippen LogP contribution is -2.16. The molecule has 0 spiro atoms. The van der Waals surface area contributed by atoms with E-state index in [1.54, 1.807) is 24.3 Å². The van der Waals surface area contributed by atoms with Crippen molar-refractivity contribution in [2.45, 2.75) is 20.5 Å². The van der Waals surface area contributed by atoms with E-state index < -0.39 is 0 Å². The number of halogens is 1. The first-order valence-electron chi connectivity index (χ1n) is 8.85. The van der Waals surface area contributed by atoms with Crippen LogP contribution in [0.25, 0.3) is 15.9 Å². The summed E-state index contributed by atoms with van der Waals surface area (Å²) >= 11 is 1.23. The standard InChI is InChI=1S/C20H18FN5O2S/c1-11-7-8-16(24-23-11)26-17(9-12(2)25-26)22-20(27)19-13(10-28-3)18-14(21)5-4-6-15(18)29-19/h4-9H,10H2,1-3H3,(H,22,27). The number of anilines is 1. The molecular weight excluding hydrogens is 393 g/mol. The third-order valence-electron chi connectivity index (χ3n) is 4.33. The molecule has 0 atom stereocenters. The van der Waals surface area contributed by atoms with E-state index in [0.717, 1.165) is 5.69 Å². The molecule has 9 heteroatoms. The summed E-state index contributed by atoms with van der Waals surface area (Å²) in [7, 11) is 1.51. The van der Waals surface area contributed by atoms with Crippen LogP contribution in [-0.2, 0) is 11.3 Å². The zero-order valence-electron chi connectivity index (χ0n) is 16.1. The molecule has 0 bridgehead atoms. The molecule has 0 saturated carbocycles. The number of rotatable bonds is 5. The van der Waals surface area contributed by atoms with Crippen molar-refractivity contribution in [1.29, 1.82) is 0 Å². The van der Waals surface area contributed by atoms with Crippen LogP contribution in [0.15, 0.2) is 36.4 Å². The van der Waals surface area contributed by atoms with E-state index in [0.29, 0.717) is 37.9 Å². The average molecular weight is 411 g/mol. The molecule has 29 heavy (non-hydrogen) atoms. The molecule has 148 valence electrons. The number of carbonyl (C=O) groups excluding carboxylic acids is 1. The number of nitrogens with one attached hydrogen (secondary N) is 1. The molecule has 3 aromatic heterocycles. The number of hydrogen-bond acceptors (Lipinski definition) is 6. The van der Waals surface area contributed by atoms with Gasteiger partial charge in [0.2, 0.25) is 0 Å². The molecule has 3 heterocycles. The Labute approximate surface area is 170 Å². The average Bonchev–Trinajstić information content (AvgIpc) is 3.24. The number of aromatic nitrogens is 4. The van der Waals surface area contributed by atoms with Gasteiger partial charge in [-0.1, -0.05) is 6.07 Å². The van der Waals surface area contributed by atoms with Gasteiger partial charge in [0.1, 0.15) is 11.6 Å². The van der Waals surface area contributed by atoms with Crippen LogP contribution in [0, 0.1) is 19.7 Å². The minimum Gasteiger partial charge on any atom is -0.380 e. The highest BCUT2D eigenvalue weighted by Crippen LogP contribution is 2.34. The fourth-order valence-corrected chi connectivity index (χ4v) is 4.19. The van der Waals surface area contributed by atoms with Crippen LogP contribution in [0.3, 0.4) is 0 Å². The van der Waals surface area contributed by atoms with Gasteiger partial charge < -0.3 is 10.1 Å². The van der Waals surface area contributed by atoms with Crippen LogP contribution in [-0.4, -0.2) is 33.0 Å². The lowest BCUT2D eigenvalue weighted by atomic mass is 10.1. The van der Waals surface area contributed by atoms with E-state index in [4.69, 9.17) is 4.74 Å². The summed E-state index contributed by atoms with van der Waals surface area (Å²) in [6.07, 6.45) is 0. The molecular formula is C20H18FN5O2S. The Morgan fingerprint density at radius 2 is 2.03 bits per heavy atom. The number of fused-ring (bicyclic) bond motifs is 1. The molecule has 1 N–H and O–H groups in total. The van der Waals surface area contributed by atoms with Crippen molar-refractivity contribution in [1.82, 2.24) is 20.0 Å². The number of thiophene rings is 1. The normalized spacial score (nSPS) is 11.2. The molecule has 1 amide bonds. The summed E-state index contributed by atoms with van der Waals surface area (Å²) in [5.74, 6) is 0.199. The van der Waals surface area contributed by atoms with E-state index in [9.17, 15) is 9.18 Å². The molecule has 0 aliphatic heterocycles. The van der Waals surface area contributed by atoms with Crippen LogP contribution in [0.2, 0.25) is 0 Å². The number of ether oxygens (including phenoxy) is 1. The van der Waals surface area contributed by atoms with Crippen molar-refractivity contribution >= 4 is 33.1 Å². The van der Waals surface area contributed by atoms with E-state index >= 15 is 0 Å². The molecule has 0 fully saturated rings. The van der Waals surface area contributed by atoms with Crippen molar-refractivity contribution in [3.05, 3.63) is 64.0 Å². The first-order valence-corrected chi connectivity index (χ1v) is 9.67. The van der Waals surface area contributed by atoms with Gasteiger partial charge in [0.05, 0.1) is 22.9 Å². The molecule has 1 aromatic carbocycles. The maximum atomic E-state index is 14.4. The minimum absolute atomic E-state index is 0.130. The Balaban J connectivity index is 1.73. The van der Waals surface area contributed by atoms with Gasteiger partial charge in [-0.2, -0.15) is 14.9 Å². The van der Waals surface area contributed by atoms with Crippen molar-refractivity contribution in [2.75, 3.05) is 12.4 Å². The maximum absolute atomic E-state index is 14.4. The smallest absolute Gasteiger partial charge is 0.267 e. The second-order valence-corrected chi connectivity index (χ2v) is 7.58. The number of hydrogen-bond donors (Lipinski definition) is 1. The van der Waals surface area contributed by atoms with Gasteiger partial charge in [-0.25, -0.2) is 4.39 Å². The van der Waals surface area contributed by atoms with Gasteiger partial charge >= 0.3 is 0 Å². The predicted molar refractivity (Wildman–Crippen MR) is 109 cm³/mol. The number of carbonyl (C=O) groups is 1. The van der Waals surface area contributed by atoms with Crippen LogP contribution in [0.5, 0.6) is 0 Å². The van der Waals surface area contributed by atoms with E-state index in [2.05, 4.69) is 20.6 Å². The maximum Gasteiger partial charge on any atom is 0.267 e. The SMILES string of the molecule is COCc1c(C(=O)Nc2cc(C)nn2-c2ccc(C)nn2)sc2cccc(F)c12. The Morgan fingerprint density at radius 3 is 2.76 bits per heavy atom. The molecule has 7 nitrogen and oxygen atoms in total. The topological polar surface area (TPSA) is 81.9 Å². The Kier molecular flexibility index (Phi) is 5.08. The van der Waals surface area contributed by atoms with Crippen molar-refractivity contribution in [3.8, 4) is 5.82 Å². The highest BCUT2D eigenvalue weighted by atomic mass is 32.1. The van der Waals surface area contributed by atoms with Crippen LogP contribution in [0.4, 0.5) is 10.2 Å². The molecule has 4 aromatic rings. The van der Waals surface area contributed by atoms with E-state index in [-0.39, 0.29) is 18.3 Å². The summed E-state index contributed by atoms with van der Waals surface area (Å²) in [5.41, 5.74) is 2.02. The first-order chi connectivity index (χ1) is 14.0. The Hall–Kier alpha value is -3.17. The first kappa shape index (κ1) is 19.2. The summed E-state index contributed by atoms with van der Waals surface area (Å²) in [5, 5.41) is 15.8. The Bertz CT molecular complexity index is 1200. The van der Waals surface area contributed by atoms with Gasteiger partial charge in [-0.05, 0) is 38.1 Å². The summed E-state index contributed by atoms with van der Waals surface area (Å²) in [4.78, 5) is 13.5. The van der Waals surface area contributed by atoms with Crippen LogP contribution < -0.4 is 5.32 Å². The number of nitrogens with zero attached hydrogens (tertiary/aromatic N) is 4. The predicted octanol–water partition coefficient (Wildman–Crippen LogP) is 4.03. The van der Waals surface area contributed by atoms with Crippen molar-refractivity contribution in [3.63, 3.8) is 0 Å². The zero-order chi connectivity index (χ0) is 20.5. The largest absolute Gasteiger partial charge is 0.380 e. The van der Waals surface area contributed by atoms with Crippen molar-refractivity contribution < 1.29 is 13.9 Å². The monoisotopic (exact) mass is 411 g/mol. The third-order valence-corrected chi connectivity index (χ3v) is 5.53. The highest BCUT2D eigenvalue weighted by Gasteiger charge is 2.22. The summed E-state index contributed by atoms with van der Waals surface area (Å²) in [6, 6.07) is 10.1. The Morgan fingerprint density at radius 1 is 1.21 bits per heavy atom. The third kappa shape index (κ3) is 3.62. The number of aryl methyl sites for hydroxylation is 2. The quantitative estimate of drug-likeness (QED) is 0.536. The summed E-state index contributed by atoms with van der Waals surface area (Å²) < 4.78 is 21.8. The number of benzene rings is 1. The van der Waals surface area contributed by atoms with E-state index in [1.165, 1.54) is 29.2 Å². The minimum atomic E-state index is -0.374. The molecule has 0 saturated heterocycles. The van der Waals surface area contributed by atoms with Gasteiger partial charge in [-0.3, -0.25) is 4.79 Å². The highest BCUT2D eigenvalue weighted by molar-refractivity contribution is 7.21. The van der Waals surface area contributed by atoms with Gasteiger partial charge in [0, 0.05) is 28.8 Å². The van der Waals surface area contributed by atoms with Crippen LogP contribution >= 0.6 is 11.3 Å². The number of methoxy groups -OCH3 is 1. The van der Waals surface area contributed by atoms with Gasteiger partial charge in [0.15, 0.2) is 5.82 Å². The molecule has 0 aliphatic carbocycles. The van der Waals surface area contributed by atoms with E-state index in [1.807, 2.05) is 19.9 Å². The fraction of sp³-hybridized carbons (Fsp3) is 0.200. The summed E-state index contributed by atoms with van der Waals surface area (Å²) in [6.45, 7) is 3.79. The number of amides is 1. The molecule has 4 rings (SSSR count). The fourth-order valence-electron chi connectivity index (χ4n) is 3.07. The van der Waals surface area contributed by atoms with Crippen molar-refractivity contribution in [2.24, 2.45) is 0 Å². The lowest BCUT2D eigenvalue weighted by Gasteiger charge is -2.08. The van der Waals surface area contributed by atoms with Crippen LogP contribution in [0.1, 0.15) is 26.6 Å².